The van der Waals surface area contributed by atoms with E-state index in [2.05, 4.69) is 9.82 Å². The quantitative estimate of drug-likeness (QED) is 0.677. The fourth-order valence-corrected chi connectivity index (χ4v) is 2.19. The second-order valence-corrected chi connectivity index (χ2v) is 5.39. The van der Waals surface area contributed by atoms with Crippen LogP contribution in [0.2, 0.25) is 0 Å². The van der Waals surface area contributed by atoms with Crippen LogP contribution in [0.15, 0.2) is 12.4 Å². The molecule has 0 bridgehead atoms. The average Bonchev–Trinajstić information content (AvgIpc) is 2.71. The topological polar surface area (TPSA) is 111 Å². The molecule has 0 aliphatic carbocycles. The molecule has 8 nitrogen and oxygen atoms in total. The van der Waals surface area contributed by atoms with Gasteiger partial charge < -0.3 is 9.84 Å². The molecule has 2 N–H and O–H groups in total. The molecule has 1 aromatic rings. The second kappa shape index (κ2) is 6.36. The molecule has 0 amide bonds. The zero-order valence-electron chi connectivity index (χ0n) is 9.87. The van der Waals surface area contributed by atoms with Crippen molar-refractivity contribution in [1.29, 1.82) is 0 Å². The number of nitrogens with zero attached hydrogens (tertiary/aromatic N) is 2. The van der Waals surface area contributed by atoms with E-state index in [1.807, 2.05) is 0 Å². The van der Waals surface area contributed by atoms with E-state index < -0.39 is 28.2 Å². The zero-order chi connectivity index (χ0) is 13.6. The summed E-state index contributed by atoms with van der Waals surface area (Å²) in [6, 6.07) is 0. The van der Waals surface area contributed by atoms with Crippen molar-refractivity contribution in [1.82, 2.24) is 9.78 Å². The lowest BCUT2D eigenvalue weighted by atomic mass is 10.5. The summed E-state index contributed by atoms with van der Waals surface area (Å²) in [5.41, 5.74) is 0.302. The van der Waals surface area contributed by atoms with E-state index in [4.69, 9.17) is 9.84 Å². The number of methoxy groups -OCH3 is 1. The highest BCUT2D eigenvalue weighted by Gasteiger charge is 2.13. The van der Waals surface area contributed by atoms with Crippen molar-refractivity contribution < 1.29 is 23.1 Å². The number of carbonyl (C=O) groups is 1. The molecule has 0 radical (unpaired) electrons. The third-order valence-electron chi connectivity index (χ3n) is 2.02. The minimum Gasteiger partial charge on any atom is -0.481 e. The van der Waals surface area contributed by atoms with E-state index in [0.29, 0.717) is 18.8 Å². The Kier molecular flexibility index (Phi) is 5.10. The number of hydrogen-bond donors (Lipinski definition) is 2. The van der Waals surface area contributed by atoms with Gasteiger partial charge in [-0.25, -0.2) is 8.42 Å². The average molecular weight is 277 g/mol. The van der Waals surface area contributed by atoms with E-state index >= 15 is 0 Å². The van der Waals surface area contributed by atoms with Gasteiger partial charge in [-0.2, -0.15) is 5.10 Å². The van der Waals surface area contributed by atoms with Gasteiger partial charge in [0.2, 0.25) is 10.0 Å². The molecular weight excluding hydrogens is 262 g/mol. The minimum absolute atomic E-state index is 0.302. The van der Waals surface area contributed by atoms with Crippen LogP contribution in [-0.4, -0.2) is 48.7 Å². The number of carboxylic acid groups (broad SMARTS) is 1. The molecule has 102 valence electrons. The number of sulfonamides is 1. The lowest BCUT2D eigenvalue weighted by Gasteiger charge is -2.03. The van der Waals surface area contributed by atoms with Crippen LogP contribution in [0.1, 0.15) is 6.42 Å². The van der Waals surface area contributed by atoms with Crippen molar-refractivity contribution in [3.05, 3.63) is 12.4 Å². The number of hydrogen-bond acceptors (Lipinski definition) is 5. The Balaban J connectivity index is 2.55. The van der Waals surface area contributed by atoms with Gasteiger partial charge in [0.15, 0.2) is 0 Å². The molecule has 18 heavy (non-hydrogen) atoms. The van der Waals surface area contributed by atoms with Gasteiger partial charge in [0.05, 0.1) is 37.2 Å². The number of anilines is 1. The van der Waals surface area contributed by atoms with E-state index in [-0.39, 0.29) is 0 Å². The maximum Gasteiger partial charge on any atom is 0.304 e. The Morgan fingerprint density at radius 1 is 1.61 bits per heavy atom. The Morgan fingerprint density at radius 3 is 2.94 bits per heavy atom. The largest absolute Gasteiger partial charge is 0.481 e. The van der Waals surface area contributed by atoms with Gasteiger partial charge >= 0.3 is 5.97 Å². The Bertz CT molecular complexity index is 496. The molecule has 1 rings (SSSR count). The van der Waals surface area contributed by atoms with Crippen molar-refractivity contribution in [3.63, 3.8) is 0 Å². The lowest BCUT2D eigenvalue weighted by molar-refractivity contribution is -0.136. The second-order valence-electron chi connectivity index (χ2n) is 3.55. The predicted molar refractivity (Wildman–Crippen MR) is 63.8 cm³/mol. The summed E-state index contributed by atoms with van der Waals surface area (Å²) < 4.78 is 31.6. The van der Waals surface area contributed by atoms with Crippen molar-refractivity contribution in [3.8, 4) is 0 Å². The maximum atomic E-state index is 11.5. The maximum absolute atomic E-state index is 11.5. The normalized spacial score (nSPS) is 11.4. The highest BCUT2D eigenvalue weighted by Crippen LogP contribution is 2.08. The Hall–Kier alpha value is -1.61. The molecule has 0 unspecified atom stereocenters. The van der Waals surface area contributed by atoms with Gasteiger partial charge in [0, 0.05) is 13.3 Å². The number of rotatable bonds is 8. The van der Waals surface area contributed by atoms with Crippen LogP contribution in [0.4, 0.5) is 5.69 Å². The number of carboxylic acids is 1. The molecular formula is C9H15N3O5S. The predicted octanol–water partition coefficient (Wildman–Crippen LogP) is -0.254. The SMILES string of the molecule is COCCn1cc(NS(=O)(=O)CCC(=O)O)cn1. The smallest absolute Gasteiger partial charge is 0.304 e. The zero-order valence-corrected chi connectivity index (χ0v) is 10.7. The monoisotopic (exact) mass is 277 g/mol. The van der Waals surface area contributed by atoms with Gasteiger partial charge in [-0.3, -0.25) is 14.2 Å². The van der Waals surface area contributed by atoms with Crippen LogP contribution >= 0.6 is 0 Å². The molecule has 0 aliphatic rings. The van der Waals surface area contributed by atoms with E-state index in [0.717, 1.165) is 0 Å². The molecule has 1 heterocycles. The molecule has 1 aromatic heterocycles. The summed E-state index contributed by atoms with van der Waals surface area (Å²) in [5, 5.41) is 12.3. The van der Waals surface area contributed by atoms with E-state index in [9.17, 15) is 13.2 Å². The molecule has 0 aromatic carbocycles. The van der Waals surface area contributed by atoms with Crippen molar-refractivity contribution in [2.45, 2.75) is 13.0 Å². The van der Waals surface area contributed by atoms with Crippen LogP contribution < -0.4 is 4.72 Å². The van der Waals surface area contributed by atoms with Gasteiger partial charge in [0.25, 0.3) is 0 Å². The van der Waals surface area contributed by atoms with Gasteiger partial charge in [-0.15, -0.1) is 0 Å². The Labute approximate surface area is 105 Å². The van der Waals surface area contributed by atoms with Crippen LogP contribution in [0, 0.1) is 0 Å². The first-order chi connectivity index (χ1) is 8.43. The molecule has 0 saturated heterocycles. The minimum atomic E-state index is -3.65. The first kappa shape index (κ1) is 14.5. The summed E-state index contributed by atoms with van der Waals surface area (Å²) >= 11 is 0. The molecule has 0 saturated carbocycles. The highest BCUT2D eigenvalue weighted by molar-refractivity contribution is 7.92. The van der Waals surface area contributed by atoms with E-state index in [1.165, 1.54) is 17.1 Å². The first-order valence-electron chi connectivity index (χ1n) is 5.16. The number of nitrogens with one attached hydrogen (secondary N) is 1. The van der Waals surface area contributed by atoms with Crippen LogP contribution in [0.5, 0.6) is 0 Å². The Morgan fingerprint density at radius 2 is 2.33 bits per heavy atom. The van der Waals surface area contributed by atoms with Gasteiger partial charge in [-0.1, -0.05) is 0 Å². The molecule has 0 aliphatic heterocycles. The molecule has 0 fully saturated rings. The van der Waals surface area contributed by atoms with E-state index in [1.54, 1.807) is 7.11 Å². The van der Waals surface area contributed by atoms with Gasteiger partial charge in [-0.05, 0) is 0 Å². The first-order valence-corrected chi connectivity index (χ1v) is 6.82. The summed E-state index contributed by atoms with van der Waals surface area (Å²) in [6.45, 7) is 0.972. The lowest BCUT2D eigenvalue weighted by Crippen LogP contribution is -2.18. The molecule has 0 atom stereocenters. The summed E-state index contributed by atoms with van der Waals surface area (Å²) in [6.07, 6.45) is 2.43. The van der Waals surface area contributed by atoms with Crippen LogP contribution in [-0.2, 0) is 26.1 Å². The standard InChI is InChI=1S/C9H15N3O5S/c1-17-4-3-12-7-8(6-10-12)11-18(15,16)5-2-9(13)14/h6-7,11H,2-5H2,1H3,(H,13,14). The summed E-state index contributed by atoms with van der Waals surface area (Å²) in [5.74, 6) is -1.62. The van der Waals surface area contributed by atoms with Crippen LogP contribution in [0.25, 0.3) is 0 Å². The molecule has 0 spiro atoms. The number of aliphatic carboxylic acids is 1. The van der Waals surface area contributed by atoms with Crippen molar-refractivity contribution in [2.24, 2.45) is 0 Å². The van der Waals surface area contributed by atoms with Crippen molar-refractivity contribution in [2.75, 3.05) is 24.2 Å². The van der Waals surface area contributed by atoms with Gasteiger partial charge in [0.1, 0.15) is 0 Å². The van der Waals surface area contributed by atoms with Crippen molar-refractivity contribution >= 4 is 21.7 Å². The number of aromatic nitrogens is 2. The highest BCUT2D eigenvalue weighted by atomic mass is 32.2. The number of ether oxygens (including phenoxy) is 1. The van der Waals surface area contributed by atoms with Crippen LogP contribution in [0.3, 0.4) is 0 Å². The summed E-state index contributed by atoms with van der Waals surface area (Å²) in [7, 11) is -2.10. The molecule has 9 heteroatoms. The summed E-state index contributed by atoms with van der Waals surface area (Å²) in [4.78, 5) is 10.3. The fraction of sp³-hybridized carbons (Fsp3) is 0.556. The fourth-order valence-electron chi connectivity index (χ4n) is 1.18. The third-order valence-corrected chi connectivity index (χ3v) is 3.30. The third kappa shape index (κ3) is 5.15.